The minimum atomic E-state index is -3.43. The van der Waals surface area contributed by atoms with Crippen molar-refractivity contribution in [1.82, 2.24) is 8.61 Å². The monoisotopic (exact) mass is 362 g/mol. The molecule has 2 aliphatic rings. The molecule has 1 saturated heterocycles. The molecular formula is C18H22N2O2S2. The maximum absolute atomic E-state index is 13.3. The lowest BCUT2D eigenvalue weighted by atomic mass is 9.95. The van der Waals surface area contributed by atoms with Crippen LogP contribution in [-0.4, -0.2) is 36.7 Å². The van der Waals surface area contributed by atoms with Gasteiger partial charge < -0.3 is 0 Å². The molecule has 6 heteroatoms. The first kappa shape index (κ1) is 16.3. The Hall–Kier alpha value is -1.21. The number of benzene rings is 1. The second-order valence-corrected chi connectivity index (χ2v) is 9.32. The summed E-state index contributed by atoms with van der Waals surface area (Å²) in [7, 11) is -3.43. The highest BCUT2D eigenvalue weighted by Crippen LogP contribution is 2.40. The molecule has 1 aromatic carbocycles. The molecule has 1 fully saturated rings. The molecule has 0 unspecified atom stereocenters. The van der Waals surface area contributed by atoms with Crippen molar-refractivity contribution in [3.05, 3.63) is 57.8 Å². The maximum atomic E-state index is 13.3. The number of rotatable bonds is 3. The van der Waals surface area contributed by atoms with Crippen molar-refractivity contribution in [3.8, 4) is 0 Å². The number of thiophene rings is 1. The zero-order chi connectivity index (χ0) is 16.6. The van der Waals surface area contributed by atoms with Crippen LogP contribution in [0.1, 0.15) is 41.3 Å². The van der Waals surface area contributed by atoms with E-state index in [1.165, 1.54) is 4.88 Å². The number of hydrogen-bond acceptors (Lipinski definition) is 3. The molecular weight excluding hydrogens is 340 g/mol. The predicted molar refractivity (Wildman–Crippen MR) is 97.4 cm³/mol. The van der Waals surface area contributed by atoms with Crippen molar-refractivity contribution in [2.45, 2.75) is 31.7 Å². The average Bonchev–Trinajstić information content (AvgIpc) is 3.11. The first-order valence-corrected chi connectivity index (χ1v) is 10.8. The maximum Gasteiger partial charge on any atom is 0.282 e. The molecule has 0 amide bonds. The summed E-state index contributed by atoms with van der Waals surface area (Å²) in [6, 6.07) is 11.9. The van der Waals surface area contributed by atoms with E-state index in [1.807, 2.05) is 30.3 Å². The van der Waals surface area contributed by atoms with Gasteiger partial charge in [-0.15, -0.1) is 11.3 Å². The highest BCUT2D eigenvalue weighted by atomic mass is 32.2. The van der Waals surface area contributed by atoms with Gasteiger partial charge >= 0.3 is 0 Å². The van der Waals surface area contributed by atoms with Gasteiger partial charge in [0.25, 0.3) is 10.2 Å². The van der Waals surface area contributed by atoms with Gasteiger partial charge in [-0.3, -0.25) is 0 Å². The summed E-state index contributed by atoms with van der Waals surface area (Å²) < 4.78 is 30.0. The van der Waals surface area contributed by atoms with E-state index < -0.39 is 10.2 Å². The third-order valence-corrected chi connectivity index (χ3v) is 7.98. The lowest BCUT2D eigenvalue weighted by Crippen LogP contribution is -2.49. The zero-order valence-electron chi connectivity index (χ0n) is 13.6. The summed E-state index contributed by atoms with van der Waals surface area (Å²) in [4.78, 5) is 1.31. The number of piperidine rings is 1. The molecule has 3 heterocycles. The van der Waals surface area contributed by atoms with E-state index in [4.69, 9.17) is 0 Å². The summed E-state index contributed by atoms with van der Waals surface area (Å²) in [5.74, 6) is 0. The third-order valence-electron chi connectivity index (χ3n) is 4.97. The lowest BCUT2D eigenvalue weighted by molar-refractivity contribution is 0.277. The Kier molecular flexibility index (Phi) is 4.47. The van der Waals surface area contributed by atoms with Gasteiger partial charge in [-0.1, -0.05) is 36.8 Å². The van der Waals surface area contributed by atoms with Gasteiger partial charge in [0.05, 0.1) is 6.04 Å². The normalized spacial score (nSPS) is 23.1. The fourth-order valence-corrected chi connectivity index (χ4v) is 6.51. The topological polar surface area (TPSA) is 40.6 Å². The van der Waals surface area contributed by atoms with E-state index in [-0.39, 0.29) is 6.04 Å². The molecule has 2 aromatic rings. The van der Waals surface area contributed by atoms with Crippen LogP contribution in [0.5, 0.6) is 0 Å². The predicted octanol–water partition coefficient (Wildman–Crippen LogP) is 3.43. The first-order chi connectivity index (χ1) is 11.7. The van der Waals surface area contributed by atoms with Crippen LogP contribution < -0.4 is 0 Å². The molecule has 4 rings (SSSR count). The summed E-state index contributed by atoms with van der Waals surface area (Å²) in [5, 5.41) is 2.08. The van der Waals surface area contributed by atoms with E-state index in [2.05, 4.69) is 11.4 Å². The van der Waals surface area contributed by atoms with E-state index in [9.17, 15) is 8.42 Å². The van der Waals surface area contributed by atoms with Gasteiger partial charge in [0, 0.05) is 24.5 Å². The van der Waals surface area contributed by atoms with Gasteiger partial charge in [0.2, 0.25) is 0 Å². The van der Waals surface area contributed by atoms with Crippen LogP contribution in [0.25, 0.3) is 0 Å². The summed E-state index contributed by atoms with van der Waals surface area (Å²) in [6.07, 6.45) is 3.87. The molecule has 24 heavy (non-hydrogen) atoms. The van der Waals surface area contributed by atoms with Crippen LogP contribution in [-0.2, 0) is 16.6 Å². The minimum Gasteiger partial charge on any atom is -0.195 e. The highest BCUT2D eigenvalue weighted by molar-refractivity contribution is 7.86. The second-order valence-electron chi connectivity index (χ2n) is 6.44. The molecule has 0 spiro atoms. The molecule has 0 bridgehead atoms. The fourth-order valence-electron chi connectivity index (χ4n) is 3.77. The fraction of sp³-hybridized carbons (Fsp3) is 0.444. The number of hydrogen-bond donors (Lipinski definition) is 0. The zero-order valence-corrected chi connectivity index (χ0v) is 15.2. The van der Waals surface area contributed by atoms with Gasteiger partial charge in [-0.2, -0.15) is 17.0 Å². The second kappa shape index (κ2) is 6.59. The Balaban J connectivity index is 1.76. The van der Waals surface area contributed by atoms with Crippen LogP contribution in [0.15, 0.2) is 41.8 Å². The first-order valence-electron chi connectivity index (χ1n) is 8.56. The lowest BCUT2D eigenvalue weighted by Gasteiger charge is -2.39. The van der Waals surface area contributed by atoms with Gasteiger partial charge in [0.1, 0.15) is 0 Å². The summed E-state index contributed by atoms with van der Waals surface area (Å²) >= 11 is 1.74. The SMILES string of the molecule is O=S(=O)(N1CCCCC1)N1CCc2sccc2[C@@H]1c1ccccc1. The molecule has 1 aromatic heterocycles. The van der Waals surface area contributed by atoms with Gasteiger partial charge in [0.15, 0.2) is 0 Å². The largest absolute Gasteiger partial charge is 0.282 e. The van der Waals surface area contributed by atoms with Crippen molar-refractivity contribution in [2.75, 3.05) is 19.6 Å². The van der Waals surface area contributed by atoms with Crippen molar-refractivity contribution in [3.63, 3.8) is 0 Å². The standard InChI is InChI=1S/C18H22N2O2S2/c21-24(22,19-11-5-2-6-12-19)20-13-9-17-16(10-14-23-17)18(20)15-7-3-1-4-8-15/h1,3-4,7-8,10,14,18H,2,5-6,9,11-13H2/t18-/m0/s1. The van der Waals surface area contributed by atoms with E-state index in [0.717, 1.165) is 36.8 Å². The van der Waals surface area contributed by atoms with Crippen LogP contribution in [0, 0.1) is 0 Å². The smallest absolute Gasteiger partial charge is 0.195 e. The molecule has 0 radical (unpaired) electrons. The molecule has 128 valence electrons. The summed E-state index contributed by atoms with van der Waals surface area (Å²) in [5.41, 5.74) is 2.20. The number of nitrogens with zero attached hydrogens (tertiary/aromatic N) is 2. The Morgan fingerprint density at radius 2 is 1.71 bits per heavy atom. The molecule has 1 atom stereocenters. The van der Waals surface area contributed by atoms with Crippen molar-refractivity contribution in [1.29, 1.82) is 0 Å². The average molecular weight is 363 g/mol. The van der Waals surface area contributed by atoms with Gasteiger partial charge in [-0.05, 0) is 41.8 Å². The third kappa shape index (κ3) is 2.81. The Morgan fingerprint density at radius 3 is 2.46 bits per heavy atom. The van der Waals surface area contributed by atoms with Crippen LogP contribution in [0.4, 0.5) is 0 Å². The molecule has 0 aliphatic carbocycles. The highest BCUT2D eigenvalue weighted by Gasteiger charge is 2.40. The molecule has 2 aliphatic heterocycles. The van der Waals surface area contributed by atoms with E-state index >= 15 is 0 Å². The molecule has 0 N–H and O–H groups in total. The minimum absolute atomic E-state index is 0.201. The van der Waals surface area contributed by atoms with E-state index in [1.54, 1.807) is 19.9 Å². The number of fused-ring (bicyclic) bond motifs is 1. The molecule has 4 nitrogen and oxygen atoms in total. The van der Waals surface area contributed by atoms with Crippen molar-refractivity contribution >= 4 is 21.5 Å². The van der Waals surface area contributed by atoms with Gasteiger partial charge in [-0.25, -0.2) is 0 Å². The van der Waals surface area contributed by atoms with Crippen LogP contribution >= 0.6 is 11.3 Å². The van der Waals surface area contributed by atoms with Crippen molar-refractivity contribution < 1.29 is 8.42 Å². The van der Waals surface area contributed by atoms with Crippen LogP contribution in [0.2, 0.25) is 0 Å². The Morgan fingerprint density at radius 1 is 0.958 bits per heavy atom. The summed E-state index contributed by atoms with van der Waals surface area (Å²) in [6.45, 7) is 1.86. The Bertz CT molecular complexity index is 795. The Labute approximate surface area is 147 Å². The molecule has 0 saturated carbocycles. The van der Waals surface area contributed by atoms with E-state index in [0.29, 0.717) is 19.6 Å². The van der Waals surface area contributed by atoms with Crippen LogP contribution in [0.3, 0.4) is 0 Å². The quantitative estimate of drug-likeness (QED) is 0.839. The van der Waals surface area contributed by atoms with Crippen molar-refractivity contribution in [2.24, 2.45) is 0 Å².